The number of aryl methyl sites for hydroxylation is 1. The molecule has 0 radical (unpaired) electrons. The fourth-order valence-corrected chi connectivity index (χ4v) is 2.96. The van der Waals surface area contributed by atoms with Crippen LogP contribution in [-0.2, 0) is 5.75 Å². The van der Waals surface area contributed by atoms with Crippen LogP contribution in [-0.4, -0.2) is 21.1 Å². The van der Waals surface area contributed by atoms with E-state index in [0.717, 1.165) is 22.0 Å². The predicted octanol–water partition coefficient (Wildman–Crippen LogP) is 4.31. The number of H-pyrrole nitrogens is 1. The van der Waals surface area contributed by atoms with Crippen molar-refractivity contribution in [3.05, 3.63) is 70.5 Å². The van der Waals surface area contributed by atoms with Crippen LogP contribution in [0.3, 0.4) is 0 Å². The van der Waals surface area contributed by atoms with Gasteiger partial charge in [-0.05, 0) is 42.3 Å². The van der Waals surface area contributed by atoms with Crippen molar-refractivity contribution < 1.29 is 4.79 Å². The molecule has 0 atom stereocenters. The fraction of sp³-hybridized carbons (Fsp3) is 0.118. The van der Waals surface area contributed by atoms with Gasteiger partial charge >= 0.3 is 0 Å². The molecule has 3 aromatic rings. The average Bonchev–Trinajstić information content (AvgIpc) is 3.10. The maximum absolute atomic E-state index is 12.3. The Morgan fingerprint density at radius 2 is 2.04 bits per heavy atom. The molecule has 122 valence electrons. The molecule has 1 heterocycles. The topological polar surface area (TPSA) is 70.7 Å². The van der Waals surface area contributed by atoms with Crippen molar-refractivity contribution in [3.8, 4) is 0 Å². The van der Waals surface area contributed by atoms with Gasteiger partial charge in [0, 0.05) is 22.0 Å². The van der Waals surface area contributed by atoms with Gasteiger partial charge in [0.1, 0.15) is 6.33 Å². The minimum atomic E-state index is -0.163. The first-order valence-electron chi connectivity index (χ1n) is 7.26. The monoisotopic (exact) mass is 358 g/mol. The summed E-state index contributed by atoms with van der Waals surface area (Å²) in [6, 6.07) is 12.9. The summed E-state index contributed by atoms with van der Waals surface area (Å²) in [5, 5.41) is 10.9. The molecule has 0 saturated heterocycles. The molecule has 0 bridgehead atoms. The Balaban J connectivity index is 1.61. The van der Waals surface area contributed by atoms with E-state index < -0.39 is 0 Å². The lowest BCUT2D eigenvalue weighted by atomic mass is 10.1. The number of benzene rings is 2. The maximum Gasteiger partial charge on any atom is 0.255 e. The molecule has 0 fully saturated rings. The summed E-state index contributed by atoms with van der Waals surface area (Å²) in [7, 11) is 0. The smallest absolute Gasteiger partial charge is 0.255 e. The number of carbonyl (C=O) groups is 1. The van der Waals surface area contributed by atoms with Crippen LogP contribution in [0, 0.1) is 6.92 Å². The summed E-state index contributed by atoms with van der Waals surface area (Å²) in [5.74, 6) is 0.592. The first-order valence-corrected chi connectivity index (χ1v) is 8.63. The first-order chi connectivity index (χ1) is 11.6. The Labute approximate surface area is 148 Å². The molecule has 7 heteroatoms. The van der Waals surface area contributed by atoms with E-state index in [1.54, 1.807) is 30.0 Å². The third kappa shape index (κ3) is 4.15. The Kier molecular flexibility index (Phi) is 5.17. The summed E-state index contributed by atoms with van der Waals surface area (Å²) < 4.78 is 0. The molecule has 24 heavy (non-hydrogen) atoms. The normalized spacial score (nSPS) is 10.6. The zero-order chi connectivity index (χ0) is 16.9. The van der Waals surface area contributed by atoms with Crippen LogP contribution in [0.1, 0.15) is 21.5 Å². The second-order valence-corrected chi connectivity index (χ2v) is 6.57. The Morgan fingerprint density at radius 3 is 2.71 bits per heavy atom. The lowest BCUT2D eigenvalue weighted by Crippen LogP contribution is -2.11. The second-order valence-electron chi connectivity index (χ2n) is 5.19. The first kappa shape index (κ1) is 16.5. The summed E-state index contributed by atoms with van der Waals surface area (Å²) >= 11 is 7.63. The number of carbonyl (C=O) groups excluding carboxylic acids is 1. The maximum atomic E-state index is 12.3. The van der Waals surface area contributed by atoms with Gasteiger partial charge in [0.25, 0.3) is 5.91 Å². The van der Waals surface area contributed by atoms with Crippen molar-refractivity contribution >= 4 is 35.0 Å². The van der Waals surface area contributed by atoms with Gasteiger partial charge in [-0.3, -0.25) is 9.89 Å². The molecule has 1 aromatic heterocycles. The molecule has 2 N–H and O–H groups in total. The van der Waals surface area contributed by atoms with E-state index in [1.165, 1.54) is 6.33 Å². The Hall–Kier alpha value is -2.31. The zero-order valence-corrected chi connectivity index (χ0v) is 14.5. The number of nitrogens with one attached hydrogen (secondary N) is 2. The van der Waals surface area contributed by atoms with Crippen LogP contribution >= 0.6 is 23.4 Å². The number of anilines is 1. The van der Waals surface area contributed by atoms with Crippen molar-refractivity contribution in [3.63, 3.8) is 0 Å². The molecular formula is C17H15ClN4OS. The Morgan fingerprint density at radius 1 is 1.25 bits per heavy atom. The number of aromatic amines is 1. The van der Waals surface area contributed by atoms with Crippen LogP contribution in [0.4, 0.5) is 5.69 Å². The van der Waals surface area contributed by atoms with E-state index in [9.17, 15) is 4.79 Å². The quantitative estimate of drug-likeness (QED) is 0.667. The average molecular weight is 359 g/mol. The van der Waals surface area contributed by atoms with Gasteiger partial charge in [0.2, 0.25) is 0 Å². The van der Waals surface area contributed by atoms with E-state index >= 15 is 0 Å². The zero-order valence-electron chi connectivity index (χ0n) is 12.9. The third-order valence-electron chi connectivity index (χ3n) is 3.41. The highest BCUT2D eigenvalue weighted by molar-refractivity contribution is 7.98. The minimum absolute atomic E-state index is 0.163. The van der Waals surface area contributed by atoms with Crippen LogP contribution in [0.2, 0.25) is 5.02 Å². The number of amides is 1. The number of aromatic nitrogens is 3. The number of hydrogen-bond donors (Lipinski definition) is 2. The molecule has 0 unspecified atom stereocenters. The fourth-order valence-electron chi connectivity index (χ4n) is 2.04. The van der Waals surface area contributed by atoms with Crippen molar-refractivity contribution in [2.45, 2.75) is 17.8 Å². The van der Waals surface area contributed by atoms with Crippen molar-refractivity contribution in [2.24, 2.45) is 0 Å². The summed E-state index contributed by atoms with van der Waals surface area (Å²) in [6.07, 6.45) is 1.48. The standard InChI is InChI=1S/C17H15ClN4OS/c1-11-2-7-14(8-15(11)18)21-16(23)13-5-3-12(4-6-13)9-24-17-19-10-20-22-17/h2-8,10H,9H2,1H3,(H,21,23)(H,19,20,22). The van der Waals surface area contributed by atoms with Crippen molar-refractivity contribution in [1.82, 2.24) is 15.2 Å². The van der Waals surface area contributed by atoms with Gasteiger partial charge in [-0.1, -0.05) is 41.6 Å². The van der Waals surface area contributed by atoms with E-state index in [0.29, 0.717) is 16.3 Å². The van der Waals surface area contributed by atoms with Crippen molar-refractivity contribution in [2.75, 3.05) is 5.32 Å². The summed E-state index contributed by atoms with van der Waals surface area (Å²) in [4.78, 5) is 16.3. The van der Waals surface area contributed by atoms with E-state index in [2.05, 4.69) is 20.5 Å². The van der Waals surface area contributed by atoms with Crippen LogP contribution < -0.4 is 5.32 Å². The molecule has 5 nitrogen and oxygen atoms in total. The van der Waals surface area contributed by atoms with Crippen LogP contribution in [0.15, 0.2) is 53.9 Å². The van der Waals surface area contributed by atoms with Gasteiger partial charge < -0.3 is 5.32 Å². The number of rotatable bonds is 5. The van der Waals surface area contributed by atoms with Gasteiger partial charge in [-0.25, -0.2) is 4.98 Å². The Bertz CT molecular complexity index is 834. The van der Waals surface area contributed by atoms with Gasteiger partial charge in [0.15, 0.2) is 5.16 Å². The van der Waals surface area contributed by atoms with Gasteiger partial charge in [0.05, 0.1) is 0 Å². The second kappa shape index (κ2) is 7.51. The number of nitrogens with zero attached hydrogens (tertiary/aromatic N) is 2. The summed E-state index contributed by atoms with van der Waals surface area (Å²) in [6.45, 7) is 1.92. The van der Waals surface area contributed by atoms with Crippen LogP contribution in [0.5, 0.6) is 0 Å². The van der Waals surface area contributed by atoms with Gasteiger partial charge in [-0.2, -0.15) is 5.10 Å². The molecule has 0 aliphatic heterocycles. The molecule has 0 saturated carbocycles. The molecule has 0 aliphatic carbocycles. The molecule has 0 spiro atoms. The SMILES string of the molecule is Cc1ccc(NC(=O)c2ccc(CSc3ncn[nH]3)cc2)cc1Cl. The predicted molar refractivity (Wildman–Crippen MR) is 96.5 cm³/mol. The number of halogens is 1. The summed E-state index contributed by atoms with van der Waals surface area (Å²) in [5.41, 5.74) is 3.36. The van der Waals surface area contributed by atoms with Crippen molar-refractivity contribution in [1.29, 1.82) is 0 Å². The van der Waals surface area contributed by atoms with E-state index in [1.807, 2.05) is 31.2 Å². The highest BCUT2D eigenvalue weighted by Gasteiger charge is 2.07. The van der Waals surface area contributed by atoms with E-state index in [4.69, 9.17) is 11.6 Å². The molecule has 3 rings (SSSR count). The van der Waals surface area contributed by atoms with Crippen LogP contribution in [0.25, 0.3) is 0 Å². The lowest BCUT2D eigenvalue weighted by molar-refractivity contribution is 0.102. The lowest BCUT2D eigenvalue weighted by Gasteiger charge is -2.07. The minimum Gasteiger partial charge on any atom is -0.322 e. The molecule has 1 amide bonds. The molecular weight excluding hydrogens is 344 g/mol. The third-order valence-corrected chi connectivity index (χ3v) is 4.77. The van der Waals surface area contributed by atoms with E-state index in [-0.39, 0.29) is 5.91 Å². The highest BCUT2D eigenvalue weighted by Crippen LogP contribution is 2.21. The molecule has 2 aromatic carbocycles. The largest absolute Gasteiger partial charge is 0.322 e. The highest BCUT2D eigenvalue weighted by atomic mass is 35.5. The number of hydrogen-bond acceptors (Lipinski definition) is 4. The van der Waals surface area contributed by atoms with Gasteiger partial charge in [-0.15, -0.1) is 0 Å². The number of thioether (sulfide) groups is 1. The molecule has 0 aliphatic rings.